The number of halogens is 2. The van der Waals surface area contributed by atoms with Crippen molar-refractivity contribution >= 4 is 10.8 Å². The molecular formula is C13H19F2NOS. The second-order valence-corrected chi connectivity index (χ2v) is 5.76. The molecule has 2 nitrogen and oxygen atoms in total. The molecule has 0 heterocycles. The number of rotatable bonds is 7. The van der Waals surface area contributed by atoms with Gasteiger partial charge in [-0.1, -0.05) is 6.92 Å². The van der Waals surface area contributed by atoms with E-state index in [-0.39, 0.29) is 4.90 Å². The molecule has 0 bridgehead atoms. The van der Waals surface area contributed by atoms with E-state index in [0.29, 0.717) is 11.8 Å². The van der Waals surface area contributed by atoms with Crippen molar-refractivity contribution in [3.05, 3.63) is 29.8 Å². The molecular weight excluding hydrogens is 256 g/mol. The third-order valence-corrected chi connectivity index (χ3v) is 4.12. The number of hydrogen-bond donors (Lipinski definition) is 1. The van der Waals surface area contributed by atoms with Gasteiger partial charge in [0.2, 0.25) is 0 Å². The third-order valence-electron chi connectivity index (χ3n) is 2.66. The quantitative estimate of drug-likeness (QED) is 0.829. The fraction of sp³-hybridized carbons (Fsp3) is 0.538. The highest BCUT2D eigenvalue weighted by Gasteiger charge is 2.11. The van der Waals surface area contributed by atoms with Crippen molar-refractivity contribution in [2.75, 3.05) is 12.3 Å². The normalized spacial score (nSPS) is 14.4. The Hall–Kier alpha value is -0.810. The minimum atomic E-state index is -1.47. The summed E-state index contributed by atoms with van der Waals surface area (Å²) in [4.78, 5) is -0.0360. The molecule has 0 saturated carbocycles. The van der Waals surface area contributed by atoms with Crippen molar-refractivity contribution in [1.29, 1.82) is 0 Å². The van der Waals surface area contributed by atoms with E-state index in [2.05, 4.69) is 12.2 Å². The van der Waals surface area contributed by atoms with Gasteiger partial charge in [0.1, 0.15) is 11.6 Å². The van der Waals surface area contributed by atoms with Gasteiger partial charge in [-0.15, -0.1) is 0 Å². The van der Waals surface area contributed by atoms with Crippen LogP contribution in [0.2, 0.25) is 0 Å². The summed E-state index contributed by atoms with van der Waals surface area (Å²) in [5.41, 5.74) is 0. The van der Waals surface area contributed by atoms with Crippen LogP contribution < -0.4 is 5.32 Å². The zero-order valence-electron chi connectivity index (χ0n) is 10.7. The van der Waals surface area contributed by atoms with Crippen LogP contribution >= 0.6 is 0 Å². The molecule has 2 unspecified atom stereocenters. The van der Waals surface area contributed by atoms with Crippen LogP contribution in [-0.2, 0) is 10.8 Å². The molecule has 1 rings (SSSR count). The summed E-state index contributed by atoms with van der Waals surface area (Å²) in [5, 5.41) is 3.25. The highest BCUT2D eigenvalue weighted by molar-refractivity contribution is 7.85. The topological polar surface area (TPSA) is 29.1 Å². The van der Waals surface area contributed by atoms with E-state index in [0.717, 1.165) is 37.6 Å². The van der Waals surface area contributed by atoms with Crippen LogP contribution in [0.4, 0.5) is 8.78 Å². The Bertz CT molecular complexity index is 412. The van der Waals surface area contributed by atoms with Gasteiger partial charge in [0.15, 0.2) is 0 Å². The first kappa shape index (κ1) is 15.2. The van der Waals surface area contributed by atoms with Gasteiger partial charge in [-0.2, -0.15) is 0 Å². The molecule has 0 fully saturated rings. The minimum absolute atomic E-state index is 0.0360. The Morgan fingerprint density at radius 1 is 1.39 bits per heavy atom. The fourth-order valence-corrected chi connectivity index (χ4v) is 2.91. The highest BCUT2D eigenvalue weighted by atomic mass is 32.2. The number of nitrogens with one attached hydrogen (secondary N) is 1. The van der Waals surface area contributed by atoms with Gasteiger partial charge < -0.3 is 5.32 Å². The first-order valence-electron chi connectivity index (χ1n) is 6.11. The largest absolute Gasteiger partial charge is 0.315 e. The van der Waals surface area contributed by atoms with E-state index < -0.39 is 22.4 Å². The molecule has 1 N–H and O–H groups in total. The summed E-state index contributed by atoms with van der Waals surface area (Å²) in [6.07, 6.45) is 1.59. The molecule has 102 valence electrons. The SMILES string of the molecule is CCNC(C)CCCS(=O)c1cc(F)ccc1F. The van der Waals surface area contributed by atoms with Crippen LogP contribution in [0.3, 0.4) is 0 Å². The summed E-state index contributed by atoms with van der Waals surface area (Å²) < 4.78 is 38.1. The van der Waals surface area contributed by atoms with Crippen molar-refractivity contribution in [2.24, 2.45) is 0 Å². The van der Waals surface area contributed by atoms with Crippen LogP contribution in [0.15, 0.2) is 23.1 Å². The summed E-state index contributed by atoms with van der Waals surface area (Å²) in [7, 11) is -1.47. The molecule has 0 aromatic heterocycles. The Balaban J connectivity index is 2.48. The molecule has 5 heteroatoms. The van der Waals surface area contributed by atoms with E-state index >= 15 is 0 Å². The van der Waals surface area contributed by atoms with Gasteiger partial charge in [0.05, 0.1) is 15.7 Å². The molecule has 0 aliphatic rings. The van der Waals surface area contributed by atoms with Gasteiger partial charge >= 0.3 is 0 Å². The Morgan fingerprint density at radius 2 is 2.11 bits per heavy atom. The zero-order valence-corrected chi connectivity index (χ0v) is 11.5. The standard InChI is InChI=1S/C13H19F2NOS/c1-3-16-10(2)5-4-8-18(17)13-9-11(14)6-7-12(13)15/h6-7,9-10,16H,3-5,8H2,1-2H3. The van der Waals surface area contributed by atoms with E-state index in [1.807, 2.05) is 6.92 Å². The summed E-state index contributed by atoms with van der Waals surface area (Å²) in [6.45, 7) is 4.97. The first-order valence-corrected chi connectivity index (χ1v) is 7.43. The molecule has 0 amide bonds. The predicted octanol–water partition coefficient (Wildman–Crippen LogP) is 2.85. The van der Waals surface area contributed by atoms with Crippen LogP contribution in [0.1, 0.15) is 26.7 Å². The molecule has 18 heavy (non-hydrogen) atoms. The molecule has 1 aromatic rings. The van der Waals surface area contributed by atoms with E-state index in [4.69, 9.17) is 0 Å². The molecule has 2 atom stereocenters. The van der Waals surface area contributed by atoms with Gasteiger partial charge in [-0.05, 0) is 44.5 Å². The van der Waals surface area contributed by atoms with Crippen molar-refractivity contribution in [1.82, 2.24) is 5.32 Å². The Morgan fingerprint density at radius 3 is 2.78 bits per heavy atom. The van der Waals surface area contributed by atoms with Crippen molar-refractivity contribution in [2.45, 2.75) is 37.6 Å². The summed E-state index contributed by atoms with van der Waals surface area (Å²) >= 11 is 0. The van der Waals surface area contributed by atoms with Crippen molar-refractivity contribution < 1.29 is 13.0 Å². The zero-order chi connectivity index (χ0) is 13.5. The lowest BCUT2D eigenvalue weighted by Gasteiger charge is -2.11. The Labute approximate surface area is 109 Å². The van der Waals surface area contributed by atoms with Crippen molar-refractivity contribution in [3.8, 4) is 0 Å². The maximum absolute atomic E-state index is 13.4. The summed E-state index contributed by atoms with van der Waals surface area (Å²) in [5.74, 6) is -0.800. The van der Waals surface area contributed by atoms with Gasteiger partial charge in [-0.3, -0.25) is 4.21 Å². The summed E-state index contributed by atoms with van der Waals surface area (Å²) in [6, 6.07) is 3.41. The maximum Gasteiger partial charge on any atom is 0.139 e. The number of benzene rings is 1. The molecule has 0 aliphatic heterocycles. The highest BCUT2D eigenvalue weighted by Crippen LogP contribution is 2.15. The monoisotopic (exact) mass is 275 g/mol. The van der Waals surface area contributed by atoms with E-state index in [1.165, 1.54) is 0 Å². The third kappa shape index (κ3) is 4.82. The first-order chi connectivity index (χ1) is 8.54. The minimum Gasteiger partial charge on any atom is -0.315 e. The average Bonchev–Trinajstić information content (AvgIpc) is 2.32. The van der Waals surface area contributed by atoms with Crippen LogP contribution in [-0.4, -0.2) is 22.5 Å². The van der Waals surface area contributed by atoms with Crippen molar-refractivity contribution in [3.63, 3.8) is 0 Å². The van der Waals surface area contributed by atoms with E-state index in [9.17, 15) is 13.0 Å². The lowest BCUT2D eigenvalue weighted by molar-refractivity contribution is 0.524. The Kier molecular flexibility index (Phi) is 6.43. The lowest BCUT2D eigenvalue weighted by Crippen LogP contribution is -2.25. The predicted molar refractivity (Wildman–Crippen MR) is 70.0 cm³/mol. The molecule has 1 aromatic carbocycles. The van der Waals surface area contributed by atoms with Crippen LogP contribution in [0.25, 0.3) is 0 Å². The molecule has 0 aliphatic carbocycles. The van der Waals surface area contributed by atoms with Crippen LogP contribution in [0, 0.1) is 11.6 Å². The fourth-order valence-electron chi connectivity index (χ4n) is 1.73. The van der Waals surface area contributed by atoms with Gasteiger partial charge in [0, 0.05) is 11.8 Å². The lowest BCUT2D eigenvalue weighted by atomic mass is 10.2. The van der Waals surface area contributed by atoms with Crippen LogP contribution in [0.5, 0.6) is 0 Å². The molecule has 0 spiro atoms. The van der Waals surface area contributed by atoms with E-state index in [1.54, 1.807) is 0 Å². The maximum atomic E-state index is 13.4. The second-order valence-electron chi connectivity index (χ2n) is 4.23. The van der Waals surface area contributed by atoms with Gasteiger partial charge in [-0.25, -0.2) is 8.78 Å². The number of hydrogen-bond acceptors (Lipinski definition) is 2. The molecule has 0 radical (unpaired) electrons. The average molecular weight is 275 g/mol. The smallest absolute Gasteiger partial charge is 0.139 e. The van der Waals surface area contributed by atoms with Gasteiger partial charge in [0.25, 0.3) is 0 Å². The second kappa shape index (κ2) is 7.59. The molecule has 0 saturated heterocycles.